The predicted octanol–water partition coefficient (Wildman–Crippen LogP) is 0.930. The van der Waals surface area contributed by atoms with Crippen LogP contribution in [0, 0.1) is 5.92 Å². The summed E-state index contributed by atoms with van der Waals surface area (Å²) in [5.41, 5.74) is 0. The molecule has 5 heteroatoms. The number of aromatic nitrogens is 2. The van der Waals surface area contributed by atoms with E-state index < -0.39 is 0 Å². The Labute approximate surface area is 96.1 Å². The molecule has 0 bridgehead atoms. The molecule has 5 nitrogen and oxygen atoms in total. The van der Waals surface area contributed by atoms with Crippen molar-refractivity contribution in [2.45, 2.75) is 13.3 Å². The normalized spacial score (nSPS) is 19.7. The third-order valence-electron chi connectivity index (χ3n) is 2.76. The van der Waals surface area contributed by atoms with E-state index in [1.165, 1.54) is 6.42 Å². The van der Waals surface area contributed by atoms with Crippen LogP contribution in [0.1, 0.15) is 13.3 Å². The molecule has 1 aromatic rings. The second-order valence-corrected chi connectivity index (χ2v) is 4.06. The van der Waals surface area contributed by atoms with Crippen LogP contribution in [0.4, 0.5) is 11.6 Å². The van der Waals surface area contributed by atoms with Gasteiger partial charge in [0.15, 0.2) is 0 Å². The molecule has 88 valence electrons. The van der Waals surface area contributed by atoms with Gasteiger partial charge in [-0.3, -0.25) is 0 Å². The Hall–Kier alpha value is -1.36. The molecular formula is C11H19N5. The highest BCUT2D eigenvalue weighted by Crippen LogP contribution is 2.11. The topological polar surface area (TPSA) is 61.9 Å². The second-order valence-electron chi connectivity index (χ2n) is 4.06. The molecule has 1 atom stereocenters. The van der Waals surface area contributed by atoms with Crippen LogP contribution >= 0.6 is 0 Å². The fourth-order valence-electron chi connectivity index (χ4n) is 1.87. The predicted molar refractivity (Wildman–Crippen MR) is 65.7 cm³/mol. The van der Waals surface area contributed by atoms with Gasteiger partial charge in [-0.2, -0.15) is 0 Å². The first kappa shape index (κ1) is 11.1. The Morgan fingerprint density at radius 1 is 1.38 bits per heavy atom. The van der Waals surface area contributed by atoms with Gasteiger partial charge in [-0.25, -0.2) is 9.97 Å². The standard InChI is InChI=1S/C11H19N5/c1-2-13-10-5-11(16-8-15-10)14-7-9-3-4-12-6-9/h5,8-9,12H,2-4,6-7H2,1H3,(H2,13,14,15,16). The summed E-state index contributed by atoms with van der Waals surface area (Å²) in [6, 6.07) is 1.95. The average Bonchev–Trinajstić information content (AvgIpc) is 2.80. The van der Waals surface area contributed by atoms with Crippen LogP contribution < -0.4 is 16.0 Å². The van der Waals surface area contributed by atoms with Gasteiger partial charge in [0.1, 0.15) is 18.0 Å². The Bertz CT molecular complexity index is 322. The summed E-state index contributed by atoms with van der Waals surface area (Å²) >= 11 is 0. The summed E-state index contributed by atoms with van der Waals surface area (Å²) in [6.45, 7) is 6.16. The molecule has 0 spiro atoms. The zero-order valence-corrected chi connectivity index (χ0v) is 9.66. The van der Waals surface area contributed by atoms with Gasteiger partial charge in [-0.05, 0) is 32.4 Å². The lowest BCUT2D eigenvalue weighted by molar-refractivity contribution is 0.614. The third-order valence-corrected chi connectivity index (χ3v) is 2.76. The molecule has 16 heavy (non-hydrogen) atoms. The van der Waals surface area contributed by atoms with Gasteiger partial charge in [-0.15, -0.1) is 0 Å². The van der Waals surface area contributed by atoms with E-state index in [1.54, 1.807) is 6.33 Å². The van der Waals surface area contributed by atoms with Gasteiger partial charge in [-0.1, -0.05) is 0 Å². The Morgan fingerprint density at radius 3 is 2.88 bits per heavy atom. The monoisotopic (exact) mass is 221 g/mol. The highest BCUT2D eigenvalue weighted by atomic mass is 15.1. The maximum Gasteiger partial charge on any atom is 0.131 e. The summed E-state index contributed by atoms with van der Waals surface area (Å²) in [5, 5.41) is 9.88. The van der Waals surface area contributed by atoms with E-state index in [0.29, 0.717) is 0 Å². The van der Waals surface area contributed by atoms with Crippen molar-refractivity contribution in [2.24, 2.45) is 5.92 Å². The fourth-order valence-corrected chi connectivity index (χ4v) is 1.87. The van der Waals surface area contributed by atoms with E-state index in [-0.39, 0.29) is 0 Å². The van der Waals surface area contributed by atoms with Crippen molar-refractivity contribution in [1.82, 2.24) is 15.3 Å². The summed E-state index contributed by atoms with van der Waals surface area (Å²) in [5.74, 6) is 2.50. The van der Waals surface area contributed by atoms with Crippen LogP contribution in [-0.2, 0) is 0 Å². The maximum absolute atomic E-state index is 4.20. The van der Waals surface area contributed by atoms with Crippen molar-refractivity contribution in [3.8, 4) is 0 Å². The van der Waals surface area contributed by atoms with Crippen LogP contribution in [0.5, 0.6) is 0 Å². The van der Waals surface area contributed by atoms with Gasteiger partial charge in [0, 0.05) is 19.2 Å². The van der Waals surface area contributed by atoms with Gasteiger partial charge in [0.25, 0.3) is 0 Å². The molecule has 2 rings (SSSR count). The zero-order valence-electron chi connectivity index (χ0n) is 9.66. The second kappa shape index (κ2) is 5.65. The first-order valence-corrected chi connectivity index (χ1v) is 5.89. The zero-order chi connectivity index (χ0) is 11.2. The SMILES string of the molecule is CCNc1cc(NCC2CCNC2)ncn1. The van der Waals surface area contributed by atoms with E-state index >= 15 is 0 Å². The molecule has 0 aromatic carbocycles. The Kier molecular flexibility index (Phi) is 3.93. The molecule has 3 N–H and O–H groups in total. The minimum atomic E-state index is 0.720. The van der Waals surface area contributed by atoms with Crippen molar-refractivity contribution in [3.05, 3.63) is 12.4 Å². The summed E-state index contributed by atoms with van der Waals surface area (Å²) in [4.78, 5) is 8.33. The summed E-state index contributed by atoms with van der Waals surface area (Å²) in [7, 11) is 0. The Balaban J connectivity index is 1.85. The molecule has 0 saturated carbocycles. The molecule has 1 aliphatic rings. The molecule has 2 heterocycles. The number of hydrogen-bond donors (Lipinski definition) is 3. The van der Waals surface area contributed by atoms with E-state index in [4.69, 9.17) is 0 Å². The lowest BCUT2D eigenvalue weighted by atomic mass is 10.1. The van der Waals surface area contributed by atoms with E-state index in [2.05, 4.69) is 32.8 Å². The first-order valence-electron chi connectivity index (χ1n) is 5.89. The number of rotatable bonds is 5. The van der Waals surface area contributed by atoms with Gasteiger partial charge in [0.2, 0.25) is 0 Å². The van der Waals surface area contributed by atoms with Crippen molar-refractivity contribution >= 4 is 11.6 Å². The highest BCUT2D eigenvalue weighted by Gasteiger charge is 2.13. The summed E-state index contributed by atoms with van der Waals surface area (Å²) in [6.07, 6.45) is 2.84. The van der Waals surface area contributed by atoms with Gasteiger partial charge < -0.3 is 16.0 Å². The van der Waals surface area contributed by atoms with Crippen LogP contribution in [0.3, 0.4) is 0 Å². The molecule has 0 aliphatic carbocycles. The molecule has 1 aromatic heterocycles. The number of nitrogens with zero attached hydrogens (tertiary/aromatic N) is 2. The van der Waals surface area contributed by atoms with Crippen molar-refractivity contribution < 1.29 is 0 Å². The lowest BCUT2D eigenvalue weighted by Gasteiger charge is -2.11. The quantitative estimate of drug-likeness (QED) is 0.690. The number of hydrogen-bond acceptors (Lipinski definition) is 5. The highest BCUT2D eigenvalue weighted by molar-refractivity contribution is 5.46. The largest absolute Gasteiger partial charge is 0.370 e. The van der Waals surface area contributed by atoms with Crippen LogP contribution in [-0.4, -0.2) is 36.1 Å². The third kappa shape index (κ3) is 3.06. The van der Waals surface area contributed by atoms with E-state index in [9.17, 15) is 0 Å². The smallest absolute Gasteiger partial charge is 0.131 e. The number of nitrogens with one attached hydrogen (secondary N) is 3. The molecule has 0 amide bonds. The van der Waals surface area contributed by atoms with E-state index in [1.807, 2.05) is 6.07 Å². The van der Waals surface area contributed by atoms with Crippen LogP contribution in [0.2, 0.25) is 0 Å². The van der Waals surface area contributed by atoms with Crippen molar-refractivity contribution in [3.63, 3.8) is 0 Å². The van der Waals surface area contributed by atoms with Crippen molar-refractivity contribution in [1.29, 1.82) is 0 Å². The molecule has 1 fully saturated rings. The average molecular weight is 221 g/mol. The lowest BCUT2D eigenvalue weighted by Crippen LogP contribution is -2.17. The Morgan fingerprint density at radius 2 is 2.19 bits per heavy atom. The molecule has 0 radical (unpaired) electrons. The molecule has 1 aliphatic heterocycles. The van der Waals surface area contributed by atoms with Gasteiger partial charge in [0.05, 0.1) is 0 Å². The van der Waals surface area contributed by atoms with Crippen LogP contribution in [0.25, 0.3) is 0 Å². The maximum atomic E-state index is 4.20. The molecule has 1 unspecified atom stereocenters. The minimum absolute atomic E-state index is 0.720. The van der Waals surface area contributed by atoms with Crippen molar-refractivity contribution in [2.75, 3.05) is 36.8 Å². The van der Waals surface area contributed by atoms with Gasteiger partial charge >= 0.3 is 0 Å². The number of anilines is 2. The summed E-state index contributed by atoms with van der Waals surface area (Å²) < 4.78 is 0. The fraction of sp³-hybridized carbons (Fsp3) is 0.636. The van der Waals surface area contributed by atoms with E-state index in [0.717, 1.165) is 43.7 Å². The molecule has 1 saturated heterocycles. The molecular weight excluding hydrogens is 202 g/mol. The first-order chi connectivity index (χ1) is 7.88. The minimum Gasteiger partial charge on any atom is -0.370 e. The van der Waals surface area contributed by atoms with Crippen LogP contribution in [0.15, 0.2) is 12.4 Å².